The van der Waals surface area contributed by atoms with Gasteiger partial charge in [-0.25, -0.2) is 9.37 Å². The van der Waals surface area contributed by atoms with E-state index >= 15 is 0 Å². The van der Waals surface area contributed by atoms with E-state index in [4.69, 9.17) is 0 Å². The van der Waals surface area contributed by atoms with Crippen LogP contribution >= 0.6 is 0 Å². The van der Waals surface area contributed by atoms with Gasteiger partial charge in [-0.15, -0.1) is 0 Å². The number of nitrogens with zero attached hydrogens (tertiary/aromatic N) is 2. The van der Waals surface area contributed by atoms with Gasteiger partial charge in [0.05, 0.1) is 6.33 Å². The zero-order valence-electron chi connectivity index (χ0n) is 11.5. The molecule has 1 fully saturated rings. The summed E-state index contributed by atoms with van der Waals surface area (Å²) in [4.78, 5) is 4.03. The first kappa shape index (κ1) is 13.3. The SMILES string of the molecule is Fc1cccc(C2CC(NCCCn3ccnc3)C2)c1. The third kappa shape index (κ3) is 3.25. The number of rotatable bonds is 6. The molecule has 20 heavy (non-hydrogen) atoms. The molecule has 1 N–H and O–H groups in total. The van der Waals surface area contributed by atoms with Crippen LogP contribution < -0.4 is 5.32 Å². The number of aryl methyl sites for hydroxylation is 1. The first-order valence-electron chi connectivity index (χ1n) is 7.26. The minimum absolute atomic E-state index is 0.126. The van der Waals surface area contributed by atoms with Crippen LogP contribution in [0.25, 0.3) is 0 Å². The molecule has 0 radical (unpaired) electrons. The van der Waals surface area contributed by atoms with Crippen molar-refractivity contribution in [1.29, 1.82) is 0 Å². The van der Waals surface area contributed by atoms with Crippen LogP contribution in [-0.2, 0) is 6.54 Å². The molecule has 3 nitrogen and oxygen atoms in total. The molecule has 2 aromatic rings. The fourth-order valence-corrected chi connectivity index (χ4v) is 2.80. The Balaban J connectivity index is 1.34. The van der Waals surface area contributed by atoms with E-state index in [0.29, 0.717) is 12.0 Å². The number of aromatic nitrogens is 2. The molecule has 0 aliphatic heterocycles. The number of hydrogen-bond donors (Lipinski definition) is 1. The average molecular weight is 273 g/mol. The van der Waals surface area contributed by atoms with Gasteiger partial charge in [0.1, 0.15) is 5.82 Å². The van der Waals surface area contributed by atoms with Crippen molar-refractivity contribution >= 4 is 0 Å². The monoisotopic (exact) mass is 273 g/mol. The van der Waals surface area contributed by atoms with E-state index in [0.717, 1.165) is 37.9 Å². The summed E-state index contributed by atoms with van der Waals surface area (Å²) in [5.74, 6) is 0.399. The first-order chi connectivity index (χ1) is 9.81. The van der Waals surface area contributed by atoms with Gasteiger partial charge in [0, 0.05) is 25.0 Å². The standard InChI is InChI=1S/C16H20FN3/c17-15-4-1-3-13(9-15)14-10-16(11-14)19-5-2-7-20-8-6-18-12-20/h1,3-4,6,8-9,12,14,16,19H,2,5,7,10-11H2. The molecule has 3 rings (SSSR count). The molecule has 106 valence electrons. The van der Waals surface area contributed by atoms with Crippen LogP contribution in [0.2, 0.25) is 0 Å². The summed E-state index contributed by atoms with van der Waals surface area (Å²) < 4.78 is 15.2. The topological polar surface area (TPSA) is 29.9 Å². The molecule has 1 aromatic carbocycles. The lowest BCUT2D eigenvalue weighted by atomic mass is 9.76. The lowest BCUT2D eigenvalue weighted by molar-refractivity contribution is 0.288. The van der Waals surface area contributed by atoms with Crippen molar-refractivity contribution < 1.29 is 4.39 Å². The van der Waals surface area contributed by atoms with Crippen molar-refractivity contribution in [3.8, 4) is 0 Å². The molecule has 1 saturated carbocycles. The van der Waals surface area contributed by atoms with Crippen LogP contribution in [-0.4, -0.2) is 22.1 Å². The predicted molar refractivity (Wildman–Crippen MR) is 77.0 cm³/mol. The van der Waals surface area contributed by atoms with Crippen molar-refractivity contribution in [2.24, 2.45) is 0 Å². The maximum atomic E-state index is 13.1. The van der Waals surface area contributed by atoms with E-state index in [-0.39, 0.29) is 5.82 Å². The van der Waals surface area contributed by atoms with Crippen molar-refractivity contribution in [2.45, 2.75) is 37.8 Å². The summed E-state index contributed by atoms with van der Waals surface area (Å²) in [5, 5.41) is 3.57. The van der Waals surface area contributed by atoms with Crippen LogP contribution in [0.1, 0.15) is 30.7 Å². The molecule has 0 amide bonds. The molecule has 0 saturated heterocycles. The first-order valence-corrected chi connectivity index (χ1v) is 7.26. The largest absolute Gasteiger partial charge is 0.337 e. The van der Waals surface area contributed by atoms with E-state index in [9.17, 15) is 4.39 Å². The Bertz CT molecular complexity index is 532. The van der Waals surface area contributed by atoms with Gasteiger partial charge in [-0.3, -0.25) is 0 Å². The fourth-order valence-electron chi connectivity index (χ4n) is 2.80. The second-order valence-corrected chi connectivity index (χ2v) is 5.53. The van der Waals surface area contributed by atoms with Gasteiger partial charge in [-0.2, -0.15) is 0 Å². The quantitative estimate of drug-likeness (QED) is 0.820. The number of hydrogen-bond acceptors (Lipinski definition) is 2. The lowest BCUT2D eigenvalue weighted by Gasteiger charge is -2.36. The Kier molecular flexibility index (Phi) is 4.11. The second-order valence-electron chi connectivity index (χ2n) is 5.53. The van der Waals surface area contributed by atoms with E-state index in [1.54, 1.807) is 12.1 Å². The van der Waals surface area contributed by atoms with E-state index in [1.807, 2.05) is 24.8 Å². The minimum Gasteiger partial charge on any atom is -0.337 e. The molecular weight excluding hydrogens is 253 g/mol. The van der Waals surface area contributed by atoms with Crippen LogP contribution in [0.5, 0.6) is 0 Å². The Labute approximate surface area is 118 Å². The molecule has 4 heteroatoms. The normalized spacial score (nSPS) is 21.6. The highest BCUT2D eigenvalue weighted by atomic mass is 19.1. The Morgan fingerprint density at radius 2 is 2.25 bits per heavy atom. The molecular formula is C16H20FN3. The van der Waals surface area contributed by atoms with E-state index in [2.05, 4.69) is 14.9 Å². The van der Waals surface area contributed by atoms with Gasteiger partial charge in [0.2, 0.25) is 0 Å². The van der Waals surface area contributed by atoms with Crippen molar-refractivity contribution in [2.75, 3.05) is 6.54 Å². The molecule has 0 atom stereocenters. The number of benzene rings is 1. The molecule has 1 aliphatic rings. The summed E-state index contributed by atoms with van der Waals surface area (Å²) >= 11 is 0. The Morgan fingerprint density at radius 1 is 1.35 bits per heavy atom. The van der Waals surface area contributed by atoms with Gasteiger partial charge in [-0.05, 0) is 49.4 Å². The Hall–Kier alpha value is -1.68. The van der Waals surface area contributed by atoms with Gasteiger partial charge in [0.25, 0.3) is 0 Å². The zero-order valence-corrected chi connectivity index (χ0v) is 11.5. The fraction of sp³-hybridized carbons (Fsp3) is 0.438. The summed E-state index contributed by atoms with van der Waals surface area (Å²) in [6.07, 6.45) is 9.00. The van der Waals surface area contributed by atoms with Gasteiger partial charge < -0.3 is 9.88 Å². The lowest BCUT2D eigenvalue weighted by Crippen LogP contribution is -2.40. The van der Waals surface area contributed by atoms with Crippen LogP contribution in [0, 0.1) is 5.82 Å². The Morgan fingerprint density at radius 3 is 3.00 bits per heavy atom. The molecule has 1 aromatic heterocycles. The van der Waals surface area contributed by atoms with Gasteiger partial charge in [0.15, 0.2) is 0 Å². The smallest absolute Gasteiger partial charge is 0.123 e. The summed E-state index contributed by atoms with van der Waals surface area (Å²) in [6.45, 7) is 2.03. The molecule has 0 spiro atoms. The zero-order chi connectivity index (χ0) is 13.8. The van der Waals surface area contributed by atoms with Crippen molar-refractivity contribution in [1.82, 2.24) is 14.9 Å². The highest BCUT2D eigenvalue weighted by Crippen LogP contribution is 2.36. The number of imidazole rings is 1. The van der Waals surface area contributed by atoms with Gasteiger partial charge in [-0.1, -0.05) is 12.1 Å². The predicted octanol–water partition coefficient (Wildman–Crippen LogP) is 2.95. The third-order valence-electron chi connectivity index (χ3n) is 4.04. The summed E-state index contributed by atoms with van der Waals surface area (Å²) in [6, 6.07) is 7.60. The molecule has 1 aliphatic carbocycles. The number of halogens is 1. The molecule has 0 bridgehead atoms. The summed E-state index contributed by atoms with van der Waals surface area (Å²) in [5.41, 5.74) is 1.14. The van der Waals surface area contributed by atoms with Crippen LogP contribution in [0.3, 0.4) is 0 Å². The van der Waals surface area contributed by atoms with E-state index in [1.165, 1.54) is 6.07 Å². The molecule has 1 heterocycles. The minimum atomic E-state index is -0.126. The highest BCUT2D eigenvalue weighted by Gasteiger charge is 2.29. The average Bonchev–Trinajstić information content (AvgIpc) is 2.89. The number of nitrogens with one attached hydrogen (secondary N) is 1. The van der Waals surface area contributed by atoms with Crippen LogP contribution in [0.15, 0.2) is 43.0 Å². The van der Waals surface area contributed by atoms with E-state index < -0.39 is 0 Å². The van der Waals surface area contributed by atoms with Crippen LogP contribution in [0.4, 0.5) is 4.39 Å². The second kappa shape index (κ2) is 6.18. The maximum Gasteiger partial charge on any atom is 0.123 e. The van der Waals surface area contributed by atoms with Gasteiger partial charge >= 0.3 is 0 Å². The molecule has 0 unspecified atom stereocenters. The maximum absolute atomic E-state index is 13.1. The highest BCUT2D eigenvalue weighted by molar-refractivity contribution is 5.23. The van der Waals surface area contributed by atoms with Crippen molar-refractivity contribution in [3.05, 3.63) is 54.4 Å². The van der Waals surface area contributed by atoms with Crippen molar-refractivity contribution in [3.63, 3.8) is 0 Å². The third-order valence-corrected chi connectivity index (χ3v) is 4.04. The summed E-state index contributed by atoms with van der Waals surface area (Å²) in [7, 11) is 0.